The molecule has 0 aliphatic carbocycles. The summed E-state index contributed by atoms with van der Waals surface area (Å²) >= 11 is 0. The van der Waals surface area contributed by atoms with E-state index >= 15 is 0 Å². The largest absolute Gasteiger partial charge is 0.492 e. The molecule has 1 unspecified atom stereocenters. The highest BCUT2D eigenvalue weighted by Gasteiger charge is 2.26. The van der Waals surface area contributed by atoms with Crippen LogP contribution >= 0.6 is 0 Å². The van der Waals surface area contributed by atoms with Crippen molar-refractivity contribution in [3.63, 3.8) is 0 Å². The summed E-state index contributed by atoms with van der Waals surface area (Å²) in [4.78, 5) is 25.4. The first-order chi connectivity index (χ1) is 16.3. The van der Waals surface area contributed by atoms with Crippen LogP contribution in [-0.2, 0) is 16.0 Å². The maximum atomic E-state index is 12.6. The third-order valence-corrected chi connectivity index (χ3v) is 5.06. The van der Waals surface area contributed by atoms with Crippen LogP contribution in [0, 0.1) is 5.41 Å². The van der Waals surface area contributed by atoms with E-state index in [0.717, 1.165) is 5.56 Å². The number of carboxylic acids is 1. The molecule has 1 rings (SSSR count). The Balaban J connectivity index is 2.59. The van der Waals surface area contributed by atoms with E-state index in [1.807, 2.05) is 20.8 Å². The fourth-order valence-corrected chi connectivity index (χ4v) is 3.20. The molecule has 0 aliphatic rings. The van der Waals surface area contributed by atoms with E-state index in [-0.39, 0.29) is 37.4 Å². The lowest BCUT2D eigenvalue weighted by Gasteiger charge is -2.26. The molecule has 0 saturated heterocycles. The van der Waals surface area contributed by atoms with Crippen molar-refractivity contribution in [3.05, 3.63) is 29.8 Å². The Morgan fingerprint density at radius 1 is 1.06 bits per heavy atom. The molecule has 0 aromatic heterocycles. The van der Waals surface area contributed by atoms with Crippen molar-refractivity contribution in [1.82, 2.24) is 10.2 Å². The summed E-state index contributed by atoms with van der Waals surface area (Å²) < 4.78 is 48.0. The van der Waals surface area contributed by atoms with Gasteiger partial charge in [0.1, 0.15) is 12.4 Å². The Morgan fingerprint density at radius 3 is 2.26 bits per heavy atom. The molecular weight excluding hydrogens is 465 g/mol. The second-order valence-corrected chi connectivity index (χ2v) is 9.61. The summed E-state index contributed by atoms with van der Waals surface area (Å²) in [7, 11) is 0. The molecule has 200 valence electrons. The number of nitrogens with one attached hydrogen (secondary N) is 1. The first-order valence-electron chi connectivity index (χ1n) is 12.0. The third-order valence-electron chi connectivity index (χ3n) is 5.06. The lowest BCUT2D eigenvalue weighted by molar-refractivity contribution is -0.150. The average Bonchev–Trinajstić information content (AvgIpc) is 2.75. The van der Waals surface area contributed by atoms with Gasteiger partial charge in [0.15, 0.2) is 6.10 Å². The molecule has 2 N–H and O–H groups in total. The summed E-state index contributed by atoms with van der Waals surface area (Å²) in [5.41, 5.74) is 0.689. The highest BCUT2D eigenvalue weighted by molar-refractivity contribution is 5.74. The van der Waals surface area contributed by atoms with Crippen molar-refractivity contribution in [2.75, 3.05) is 32.8 Å². The molecule has 1 atom stereocenters. The zero-order chi connectivity index (χ0) is 26.5. The van der Waals surface area contributed by atoms with Gasteiger partial charge < -0.3 is 24.8 Å². The van der Waals surface area contributed by atoms with Gasteiger partial charge in [-0.1, -0.05) is 39.3 Å². The topological polar surface area (TPSA) is 88.1 Å². The second kappa shape index (κ2) is 14.8. The van der Waals surface area contributed by atoms with E-state index in [9.17, 15) is 27.9 Å². The van der Waals surface area contributed by atoms with Gasteiger partial charge in [-0.05, 0) is 42.9 Å². The van der Waals surface area contributed by atoms with Crippen LogP contribution in [0.3, 0.4) is 0 Å². The fraction of sp³-hybridized carbons (Fsp3) is 0.680. The van der Waals surface area contributed by atoms with Crippen LogP contribution in [0.5, 0.6) is 5.75 Å². The van der Waals surface area contributed by atoms with E-state index in [2.05, 4.69) is 5.32 Å². The van der Waals surface area contributed by atoms with Crippen molar-refractivity contribution in [1.29, 1.82) is 0 Å². The average molecular weight is 505 g/mol. The van der Waals surface area contributed by atoms with Crippen molar-refractivity contribution < 1.29 is 37.3 Å². The maximum absolute atomic E-state index is 12.6. The maximum Gasteiger partial charge on any atom is 0.389 e. The Morgan fingerprint density at radius 2 is 1.71 bits per heavy atom. The Bertz CT molecular complexity index is 764. The lowest BCUT2D eigenvalue weighted by atomic mass is 9.97. The number of carbonyl (C=O) groups is 2. The number of carbonyl (C=O) groups excluding carboxylic acids is 1. The number of amides is 2. The quantitative estimate of drug-likeness (QED) is 0.318. The number of ether oxygens (including phenoxy) is 2. The van der Waals surface area contributed by atoms with Crippen LogP contribution in [0.1, 0.15) is 58.9 Å². The molecule has 35 heavy (non-hydrogen) atoms. The van der Waals surface area contributed by atoms with Gasteiger partial charge >= 0.3 is 18.2 Å². The molecule has 1 aromatic carbocycles. The van der Waals surface area contributed by atoms with Crippen LogP contribution in [0.15, 0.2) is 24.3 Å². The number of carboxylic acid groups (broad SMARTS) is 1. The Labute approximate surface area is 206 Å². The minimum Gasteiger partial charge on any atom is -0.492 e. The van der Waals surface area contributed by atoms with Gasteiger partial charge in [-0.15, -0.1) is 0 Å². The molecule has 0 fully saturated rings. The van der Waals surface area contributed by atoms with E-state index in [4.69, 9.17) is 9.47 Å². The van der Waals surface area contributed by atoms with Crippen molar-refractivity contribution >= 4 is 12.0 Å². The number of nitrogens with zero attached hydrogens (tertiary/aromatic N) is 1. The van der Waals surface area contributed by atoms with Crippen LogP contribution in [0.4, 0.5) is 18.0 Å². The number of urea groups is 1. The number of hydrogen-bond donors (Lipinski definition) is 2. The highest BCUT2D eigenvalue weighted by Crippen LogP contribution is 2.22. The summed E-state index contributed by atoms with van der Waals surface area (Å²) in [6.45, 7) is 9.33. The number of hydrogen-bond acceptors (Lipinski definition) is 4. The van der Waals surface area contributed by atoms with E-state index < -0.39 is 24.7 Å². The molecule has 0 aliphatic heterocycles. The molecule has 1 aromatic rings. The van der Waals surface area contributed by atoms with Gasteiger partial charge in [-0.25, -0.2) is 9.59 Å². The minimum absolute atomic E-state index is 0.0375. The SMILES string of the molecule is CCOC(Cc1ccc(OCCN(CCCCCC(F)(F)F)C(=O)NCC(C)(C)C)cc1)C(=O)O. The van der Waals surface area contributed by atoms with Crippen molar-refractivity contribution in [2.45, 2.75) is 72.1 Å². The number of benzene rings is 1. The van der Waals surface area contributed by atoms with E-state index in [0.29, 0.717) is 38.3 Å². The number of alkyl halides is 3. The minimum atomic E-state index is -4.16. The molecule has 0 bridgehead atoms. The van der Waals surface area contributed by atoms with Gasteiger partial charge in [0.2, 0.25) is 0 Å². The number of halogens is 3. The first kappa shape index (κ1) is 30.5. The molecule has 0 radical (unpaired) electrons. The number of rotatable bonds is 15. The summed E-state index contributed by atoms with van der Waals surface area (Å²) in [6.07, 6.45) is -4.77. The summed E-state index contributed by atoms with van der Waals surface area (Å²) in [6, 6.07) is 6.70. The Hall–Kier alpha value is -2.49. The zero-order valence-electron chi connectivity index (χ0n) is 21.1. The standard InChI is InChI=1S/C25H39F3N2O5/c1-5-34-21(22(31)32)17-19-9-11-20(12-10-19)35-16-15-30(23(33)29-18-24(2,3)4)14-8-6-7-13-25(26,27)28/h9-12,21H,5-8,13-18H2,1-4H3,(H,29,33)(H,31,32). The first-order valence-corrected chi connectivity index (χ1v) is 12.0. The lowest BCUT2D eigenvalue weighted by Crippen LogP contribution is -2.45. The van der Waals surface area contributed by atoms with Gasteiger partial charge in [0.05, 0.1) is 6.54 Å². The number of unbranched alkanes of at least 4 members (excludes halogenated alkanes) is 2. The van der Waals surface area contributed by atoms with Crippen LogP contribution in [-0.4, -0.2) is 67.1 Å². The smallest absolute Gasteiger partial charge is 0.389 e. The molecule has 7 nitrogen and oxygen atoms in total. The summed E-state index contributed by atoms with van der Waals surface area (Å²) in [5.74, 6) is -0.451. The predicted molar refractivity (Wildman–Crippen MR) is 128 cm³/mol. The molecule has 0 saturated carbocycles. The molecule has 0 heterocycles. The second-order valence-electron chi connectivity index (χ2n) is 9.61. The van der Waals surface area contributed by atoms with E-state index in [1.54, 1.807) is 36.1 Å². The predicted octanol–water partition coefficient (Wildman–Crippen LogP) is 5.28. The normalized spacial score (nSPS) is 12.8. The zero-order valence-corrected chi connectivity index (χ0v) is 21.1. The van der Waals surface area contributed by atoms with Gasteiger partial charge in [-0.3, -0.25) is 0 Å². The van der Waals surface area contributed by atoms with Gasteiger partial charge in [0, 0.05) is 32.5 Å². The van der Waals surface area contributed by atoms with Gasteiger partial charge in [0.25, 0.3) is 0 Å². The molecule has 0 spiro atoms. The number of aliphatic carboxylic acids is 1. The molecule has 2 amide bonds. The van der Waals surface area contributed by atoms with Crippen molar-refractivity contribution in [2.24, 2.45) is 5.41 Å². The molecular formula is C25H39F3N2O5. The van der Waals surface area contributed by atoms with Crippen LogP contribution in [0.2, 0.25) is 0 Å². The van der Waals surface area contributed by atoms with Crippen LogP contribution in [0.25, 0.3) is 0 Å². The Kier molecular flexibility index (Phi) is 12.9. The van der Waals surface area contributed by atoms with Crippen LogP contribution < -0.4 is 10.1 Å². The van der Waals surface area contributed by atoms with Crippen molar-refractivity contribution in [3.8, 4) is 5.75 Å². The monoisotopic (exact) mass is 504 g/mol. The fourth-order valence-electron chi connectivity index (χ4n) is 3.20. The highest BCUT2D eigenvalue weighted by atomic mass is 19.4. The van der Waals surface area contributed by atoms with E-state index in [1.165, 1.54) is 0 Å². The van der Waals surface area contributed by atoms with Gasteiger partial charge in [-0.2, -0.15) is 13.2 Å². The third kappa shape index (κ3) is 14.5. The summed E-state index contributed by atoms with van der Waals surface area (Å²) in [5, 5.41) is 12.1. The molecule has 10 heteroatoms.